The lowest BCUT2D eigenvalue weighted by molar-refractivity contribution is -0.126. The minimum atomic E-state index is -3.47. The molecule has 14 heteroatoms. The molecular weight excluding hydrogens is 532 g/mol. The van der Waals surface area contributed by atoms with Crippen LogP contribution in [0.4, 0.5) is 17.5 Å². The molecule has 6 rings (SSSR count). The first-order chi connectivity index (χ1) is 19.1. The standard InChI is InChI=1S/C26H32N10O3S/c1-15(2)30-26(37)18-12-34(13-18)25-20-11-28-23(9-21(20)36(33-25)16(3)4)31-22-7-8-27-24(32-22)17-10-29-35(14-17)40(38,39)19-5-6-19/h7-11,14-16,18-19H,5-6,12-13H2,1-4H3,(H,30,37)(H,27,28,31,32). The van der Waals surface area contributed by atoms with Gasteiger partial charge < -0.3 is 15.5 Å². The van der Waals surface area contributed by atoms with Crippen molar-refractivity contribution in [2.75, 3.05) is 23.3 Å². The third kappa shape index (κ3) is 4.87. The number of amides is 1. The zero-order valence-electron chi connectivity index (χ0n) is 22.8. The Balaban J connectivity index is 1.22. The maximum absolute atomic E-state index is 12.5. The fourth-order valence-corrected chi connectivity index (χ4v) is 6.18. The van der Waals surface area contributed by atoms with E-state index < -0.39 is 10.0 Å². The molecule has 1 aliphatic heterocycles. The molecule has 0 radical (unpaired) electrons. The van der Waals surface area contributed by atoms with Crippen molar-refractivity contribution in [3.05, 3.63) is 36.9 Å². The number of nitrogens with zero attached hydrogens (tertiary/aromatic N) is 8. The first-order valence-corrected chi connectivity index (χ1v) is 14.9. The summed E-state index contributed by atoms with van der Waals surface area (Å²) in [4.78, 5) is 27.9. The van der Waals surface area contributed by atoms with Gasteiger partial charge in [-0.1, -0.05) is 0 Å². The van der Waals surface area contributed by atoms with E-state index in [0.29, 0.717) is 49.0 Å². The van der Waals surface area contributed by atoms with Crippen LogP contribution in [0.15, 0.2) is 36.9 Å². The molecule has 1 amide bonds. The molecule has 210 valence electrons. The number of anilines is 3. The van der Waals surface area contributed by atoms with Gasteiger partial charge in [0, 0.05) is 43.6 Å². The average molecular weight is 565 g/mol. The lowest BCUT2D eigenvalue weighted by Gasteiger charge is -2.38. The number of hydrogen-bond donors (Lipinski definition) is 2. The lowest BCUT2D eigenvalue weighted by atomic mass is 9.98. The van der Waals surface area contributed by atoms with E-state index >= 15 is 0 Å². The zero-order chi connectivity index (χ0) is 28.2. The molecular formula is C26H32N10O3S. The number of fused-ring (bicyclic) bond motifs is 1. The van der Waals surface area contributed by atoms with Gasteiger partial charge in [-0.2, -0.15) is 14.3 Å². The highest BCUT2D eigenvalue weighted by molar-refractivity contribution is 7.90. The molecule has 40 heavy (non-hydrogen) atoms. The Morgan fingerprint density at radius 3 is 2.55 bits per heavy atom. The summed E-state index contributed by atoms with van der Waals surface area (Å²) in [5.41, 5.74) is 1.42. The summed E-state index contributed by atoms with van der Waals surface area (Å²) < 4.78 is 28.0. The molecule has 0 bridgehead atoms. The molecule has 2 N–H and O–H groups in total. The van der Waals surface area contributed by atoms with Gasteiger partial charge >= 0.3 is 0 Å². The van der Waals surface area contributed by atoms with Crippen molar-refractivity contribution in [3.63, 3.8) is 0 Å². The van der Waals surface area contributed by atoms with Crippen molar-refractivity contribution in [1.29, 1.82) is 0 Å². The second-order valence-corrected chi connectivity index (χ2v) is 13.0. The molecule has 1 saturated heterocycles. The van der Waals surface area contributed by atoms with Gasteiger partial charge in [0.1, 0.15) is 11.6 Å². The second-order valence-electron chi connectivity index (χ2n) is 11.0. The van der Waals surface area contributed by atoms with E-state index in [9.17, 15) is 13.2 Å². The molecule has 2 fully saturated rings. The summed E-state index contributed by atoms with van der Waals surface area (Å²) in [5.74, 6) is 2.28. The van der Waals surface area contributed by atoms with Crippen LogP contribution in [-0.2, 0) is 14.8 Å². The minimum absolute atomic E-state index is 0.0524. The largest absolute Gasteiger partial charge is 0.354 e. The summed E-state index contributed by atoms with van der Waals surface area (Å²) >= 11 is 0. The van der Waals surface area contributed by atoms with Gasteiger partial charge in [-0.15, -0.1) is 0 Å². The molecule has 0 unspecified atom stereocenters. The van der Waals surface area contributed by atoms with Crippen LogP contribution < -0.4 is 15.5 Å². The molecule has 1 aliphatic carbocycles. The Labute approximate surface area is 232 Å². The van der Waals surface area contributed by atoms with Crippen molar-refractivity contribution in [2.24, 2.45) is 5.92 Å². The molecule has 0 atom stereocenters. The van der Waals surface area contributed by atoms with Crippen molar-refractivity contribution < 1.29 is 13.2 Å². The predicted molar refractivity (Wildman–Crippen MR) is 151 cm³/mol. The van der Waals surface area contributed by atoms with Crippen molar-refractivity contribution in [1.82, 2.24) is 39.2 Å². The highest BCUT2D eigenvalue weighted by Crippen LogP contribution is 2.34. The Bertz CT molecular complexity index is 1680. The average Bonchev–Trinajstić information content (AvgIpc) is 3.50. The maximum atomic E-state index is 12.5. The maximum Gasteiger partial charge on any atom is 0.256 e. The van der Waals surface area contributed by atoms with Gasteiger partial charge in [0.2, 0.25) is 5.91 Å². The monoisotopic (exact) mass is 564 g/mol. The fraction of sp³-hybridized carbons (Fsp3) is 0.462. The Hall–Kier alpha value is -4.07. The van der Waals surface area contributed by atoms with E-state index in [-0.39, 0.29) is 29.2 Å². The number of pyridine rings is 1. The van der Waals surface area contributed by atoms with Gasteiger partial charge in [-0.05, 0) is 46.6 Å². The highest BCUT2D eigenvalue weighted by atomic mass is 32.2. The highest BCUT2D eigenvalue weighted by Gasteiger charge is 2.38. The Morgan fingerprint density at radius 1 is 1.07 bits per heavy atom. The number of hydrogen-bond acceptors (Lipinski definition) is 10. The molecule has 1 saturated carbocycles. The summed E-state index contributed by atoms with van der Waals surface area (Å²) in [5, 5.41) is 15.7. The van der Waals surface area contributed by atoms with E-state index in [2.05, 4.69) is 49.4 Å². The molecule has 13 nitrogen and oxygen atoms in total. The van der Waals surface area contributed by atoms with Gasteiger partial charge in [-0.25, -0.2) is 23.4 Å². The number of nitrogens with one attached hydrogen (secondary N) is 2. The summed E-state index contributed by atoms with van der Waals surface area (Å²) in [6.07, 6.45) is 7.62. The SMILES string of the molecule is CC(C)NC(=O)C1CN(c2nn(C(C)C)c3cc(Nc4ccnc(-c5cnn(S(=O)(=O)C6CC6)c5)n4)ncc23)C1. The number of carbonyl (C=O) groups excluding carboxylic acids is 1. The first kappa shape index (κ1) is 26.2. The predicted octanol–water partition coefficient (Wildman–Crippen LogP) is 2.71. The smallest absolute Gasteiger partial charge is 0.256 e. The van der Waals surface area contributed by atoms with Crippen molar-refractivity contribution in [2.45, 2.75) is 57.9 Å². The van der Waals surface area contributed by atoms with Crippen LogP contribution in [0.5, 0.6) is 0 Å². The molecule has 4 aromatic heterocycles. The zero-order valence-corrected chi connectivity index (χ0v) is 23.6. The van der Waals surface area contributed by atoms with E-state index in [1.807, 2.05) is 24.6 Å². The van der Waals surface area contributed by atoms with Crippen LogP contribution in [0, 0.1) is 5.92 Å². The first-order valence-electron chi connectivity index (χ1n) is 13.4. The second kappa shape index (κ2) is 9.84. The van der Waals surface area contributed by atoms with Gasteiger partial charge in [0.05, 0.1) is 40.0 Å². The van der Waals surface area contributed by atoms with E-state index in [0.717, 1.165) is 20.8 Å². The summed E-state index contributed by atoms with van der Waals surface area (Å²) in [6.45, 7) is 9.29. The van der Waals surface area contributed by atoms with E-state index in [1.54, 1.807) is 18.5 Å². The molecule has 2 aliphatic rings. The topological polar surface area (TPSA) is 153 Å². The minimum Gasteiger partial charge on any atom is -0.354 e. The molecule has 0 aromatic carbocycles. The van der Waals surface area contributed by atoms with Crippen LogP contribution in [0.25, 0.3) is 22.3 Å². The normalized spacial score (nSPS) is 16.1. The Kier molecular flexibility index (Phi) is 6.44. The van der Waals surface area contributed by atoms with Crippen molar-refractivity contribution in [3.8, 4) is 11.4 Å². The van der Waals surface area contributed by atoms with Crippen LogP contribution in [0.2, 0.25) is 0 Å². The quantitative estimate of drug-likeness (QED) is 0.310. The van der Waals surface area contributed by atoms with E-state index in [1.165, 1.54) is 12.4 Å². The molecule has 0 spiro atoms. The Morgan fingerprint density at radius 2 is 1.85 bits per heavy atom. The van der Waals surface area contributed by atoms with Crippen LogP contribution >= 0.6 is 0 Å². The lowest BCUT2D eigenvalue weighted by Crippen LogP contribution is -2.54. The van der Waals surface area contributed by atoms with Crippen LogP contribution in [0.3, 0.4) is 0 Å². The van der Waals surface area contributed by atoms with Gasteiger partial charge in [0.25, 0.3) is 10.0 Å². The summed E-state index contributed by atoms with van der Waals surface area (Å²) in [6, 6.07) is 3.87. The van der Waals surface area contributed by atoms with Gasteiger partial charge in [0.15, 0.2) is 11.6 Å². The van der Waals surface area contributed by atoms with Gasteiger partial charge in [-0.3, -0.25) is 9.48 Å². The number of aromatic nitrogens is 7. The van der Waals surface area contributed by atoms with Crippen molar-refractivity contribution >= 4 is 44.3 Å². The van der Waals surface area contributed by atoms with E-state index in [4.69, 9.17) is 5.10 Å². The molecule has 4 aromatic rings. The third-order valence-corrected chi connectivity index (χ3v) is 9.02. The summed E-state index contributed by atoms with van der Waals surface area (Å²) in [7, 11) is -3.47. The molecule has 5 heterocycles. The number of rotatable bonds is 9. The van der Waals surface area contributed by atoms with Crippen LogP contribution in [0.1, 0.15) is 46.6 Å². The van der Waals surface area contributed by atoms with Crippen LogP contribution in [-0.4, -0.2) is 72.6 Å². The fourth-order valence-electron chi connectivity index (χ4n) is 4.71. The third-order valence-electron chi connectivity index (χ3n) is 6.98. The number of carbonyl (C=O) groups is 1.